The fourth-order valence-corrected chi connectivity index (χ4v) is 3.74. The highest BCUT2D eigenvalue weighted by atomic mass is 16.5. The minimum absolute atomic E-state index is 0.00945. The Bertz CT molecular complexity index is 747. The van der Waals surface area contributed by atoms with Gasteiger partial charge in [0, 0.05) is 18.7 Å². The van der Waals surface area contributed by atoms with Gasteiger partial charge in [0.25, 0.3) is 5.91 Å². The molecule has 3 rings (SSSR count). The quantitative estimate of drug-likeness (QED) is 0.620. The van der Waals surface area contributed by atoms with Crippen molar-refractivity contribution in [3.63, 3.8) is 0 Å². The van der Waals surface area contributed by atoms with Crippen LogP contribution in [0, 0.1) is 0 Å². The lowest BCUT2D eigenvalue weighted by Crippen LogP contribution is -2.29. The molecule has 4 heteroatoms. The third-order valence-corrected chi connectivity index (χ3v) is 5.29. The van der Waals surface area contributed by atoms with Crippen molar-refractivity contribution in [3.05, 3.63) is 65.2 Å². The molecule has 2 aromatic rings. The SMILES string of the molecule is CC(C)Oc1ccc(CCCNC(=O)c2ccc(CN3CCCCC3)cc2)cc1. The Labute approximate surface area is 175 Å². The Balaban J connectivity index is 1.37. The second-order valence-electron chi connectivity index (χ2n) is 8.20. The van der Waals surface area contributed by atoms with Gasteiger partial charge in [-0.3, -0.25) is 9.69 Å². The zero-order chi connectivity index (χ0) is 20.5. The number of likely N-dealkylation sites (tertiary alicyclic amines) is 1. The minimum atomic E-state index is 0.00945. The molecule has 0 aromatic heterocycles. The molecule has 1 heterocycles. The molecule has 1 aliphatic rings. The van der Waals surface area contributed by atoms with E-state index in [1.807, 2.05) is 38.1 Å². The van der Waals surface area contributed by atoms with Gasteiger partial charge in [0.15, 0.2) is 0 Å². The first kappa shape index (κ1) is 21.4. The molecule has 0 saturated carbocycles. The number of carbonyl (C=O) groups excluding carboxylic acids is 1. The largest absolute Gasteiger partial charge is 0.491 e. The molecular formula is C25H34N2O2. The second kappa shape index (κ2) is 11.0. The summed E-state index contributed by atoms with van der Waals surface area (Å²) in [7, 11) is 0. The number of nitrogens with one attached hydrogen (secondary N) is 1. The van der Waals surface area contributed by atoms with Crippen molar-refractivity contribution in [2.45, 2.75) is 58.6 Å². The van der Waals surface area contributed by atoms with Crippen molar-refractivity contribution in [3.8, 4) is 5.75 Å². The lowest BCUT2D eigenvalue weighted by atomic mass is 10.1. The summed E-state index contributed by atoms with van der Waals surface area (Å²) in [5.74, 6) is 0.913. The molecule has 1 aliphatic heterocycles. The summed E-state index contributed by atoms with van der Waals surface area (Å²) in [4.78, 5) is 14.9. The Hall–Kier alpha value is -2.33. The summed E-state index contributed by atoms with van der Waals surface area (Å²) >= 11 is 0. The highest BCUT2D eigenvalue weighted by Crippen LogP contribution is 2.15. The number of benzene rings is 2. The molecule has 0 atom stereocenters. The van der Waals surface area contributed by atoms with Crippen LogP contribution in [0.5, 0.6) is 5.75 Å². The van der Waals surface area contributed by atoms with E-state index < -0.39 is 0 Å². The first-order chi connectivity index (χ1) is 14.1. The molecular weight excluding hydrogens is 360 g/mol. The van der Waals surface area contributed by atoms with E-state index in [9.17, 15) is 4.79 Å². The predicted molar refractivity (Wildman–Crippen MR) is 118 cm³/mol. The predicted octanol–water partition coefficient (Wildman–Crippen LogP) is 4.82. The van der Waals surface area contributed by atoms with Crippen LogP contribution in [0.2, 0.25) is 0 Å². The van der Waals surface area contributed by atoms with Crippen molar-refractivity contribution in [2.75, 3.05) is 19.6 Å². The molecule has 1 amide bonds. The fourth-order valence-electron chi connectivity index (χ4n) is 3.74. The number of hydrogen-bond acceptors (Lipinski definition) is 3. The molecule has 4 nitrogen and oxygen atoms in total. The molecule has 1 fully saturated rings. The highest BCUT2D eigenvalue weighted by Gasteiger charge is 2.11. The topological polar surface area (TPSA) is 41.6 Å². The number of aryl methyl sites for hydroxylation is 1. The van der Waals surface area contributed by atoms with Crippen LogP contribution in [-0.4, -0.2) is 36.5 Å². The minimum Gasteiger partial charge on any atom is -0.491 e. The average Bonchev–Trinajstić information content (AvgIpc) is 2.73. The maximum atomic E-state index is 12.4. The summed E-state index contributed by atoms with van der Waals surface area (Å²) in [6.07, 6.45) is 6.01. The van der Waals surface area contributed by atoms with E-state index in [4.69, 9.17) is 4.74 Å². The number of rotatable bonds is 9. The summed E-state index contributed by atoms with van der Waals surface area (Å²) < 4.78 is 5.67. The van der Waals surface area contributed by atoms with E-state index in [1.54, 1.807) is 0 Å². The van der Waals surface area contributed by atoms with Gasteiger partial charge in [-0.15, -0.1) is 0 Å². The first-order valence-electron chi connectivity index (χ1n) is 11.0. The standard InChI is InChI=1S/C25H34N2O2/c1-20(2)29-24-14-10-21(11-15-24)7-6-16-26-25(28)23-12-8-22(9-13-23)19-27-17-4-3-5-18-27/h8-15,20H,3-7,16-19H2,1-2H3,(H,26,28). The van der Waals surface area contributed by atoms with Gasteiger partial charge in [-0.2, -0.15) is 0 Å². The molecule has 1 saturated heterocycles. The van der Waals surface area contributed by atoms with Gasteiger partial charge >= 0.3 is 0 Å². The molecule has 0 spiro atoms. The molecule has 0 aliphatic carbocycles. The summed E-state index contributed by atoms with van der Waals surface area (Å²) in [5, 5.41) is 3.03. The van der Waals surface area contributed by atoms with Crippen molar-refractivity contribution in [1.82, 2.24) is 10.2 Å². The molecule has 2 aromatic carbocycles. The molecule has 29 heavy (non-hydrogen) atoms. The molecule has 156 valence electrons. The van der Waals surface area contributed by atoms with Gasteiger partial charge in [-0.1, -0.05) is 30.7 Å². The van der Waals surface area contributed by atoms with Crippen LogP contribution in [0.3, 0.4) is 0 Å². The van der Waals surface area contributed by atoms with Crippen molar-refractivity contribution < 1.29 is 9.53 Å². The Morgan fingerprint density at radius 3 is 2.28 bits per heavy atom. The van der Waals surface area contributed by atoms with E-state index in [2.05, 4.69) is 34.5 Å². The van der Waals surface area contributed by atoms with E-state index in [1.165, 1.54) is 43.5 Å². The summed E-state index contributed by atoms with van der Waals surface area (Å²) in [6.45, 7) is 8.10. The molecule has 0 radical (unpaired) electrons. The highest BCUT2D eigenvalue weighted by molar-refractivity contribution is 5.94. The number of nitrogens with zero attached hydrogens (tertiary/aromatic N) is 1. The van der Waals surface area contributed by atoms with Gasteiger partial charge in [0.2, 0.25) is 0 Å². The first-order valence-corrected chi connectivity index (χ1v) is 11.0. The fraction of sp³-hybridized carbons (Fsp3) is 0.480. The maximum Gasteiger partial charge on any atom is 0.251 e. The number of carbonyl (C=O) groups is 1. The van der Waals surface area contributed by atoms with Gasteiger partial charge in [0.1, 0.15) is 5.75 Å². The molecule has 1 N–H and O–H groups in total. The lowest BCUT2D eigenvalue weighted by molar-refractivity contribution is 0.0953. The smallest absolute Gasteiger partial charge is 0.251 e. The van der Waals surface area contributed by atoms with Crippen LogP contribution < -0.4 is 10.1 Å². The summed E-state index contributed by atoms with van der Waals surface area (Å²) in [6, 6.07) is 16.3. The monoisotopic (exact) mass is 394 g/mol. The number of ether oxygens (including phenoxy) is 1. The number of amides is 1. The van der Waals surface area contributed by atoms with Crippen LogP contribution in [0.15, 0.2) is 48.5 Å². The summed E-state index contributed by atoms with van der Waals surface area (Å²) in [5.41, 5.74) is 3.29. The van der Waals surface area contributed by atoms with Gasteiger partial charge in [-0.05, 0) is 88.0 Å². The van der Waals surface area contributed by atoms with Gasteiger partial charge < -0.3 is 10.1 Å². The van der Waals surface area contributed by atoms with Crippen molar-refractivity contribution in [1.29, 1.82) is 0 Å². The van der Waals surface area contributed by atoms with E-state index in [0.29, 0.717) is 6.54 Å². The number of hydrogen-bond donors (Lipinski definition) is 1. The van der Waals surface area contributed by atoms with E-state index in [-0.39, 0.29) is 12.0 Å². The van der Waals surface area contributed by atoms with Crippen molar-refractivity contribution >= 4 is 5.91 Å². The average molecular weight is 395 g/mol. The Morgan fingerprint density at radius 1 is 0.966 bits per heavy atom. The van der Waals surface area contributed by atoms with Crippen LogP contribution >= 0.6 is 0 Å². The van der Waals surface area contributed by atoms with Gasteiger partial charge in [-0.25, -0.2) is 0 Å². The van der Waals surface area contributed by atoms with Crippen LogP contribution in [0.4, 0.5) is 0 Å². The maximum absolute atomic E-state index is 12.4. The normalized spacial score (nSPS) is 14.7. The van der Waals surface area contributed by atoms with Crippen molar-refractivity contribution in [2.24, 2.45) is 0 Å². The third kappa shape index (κ3) is 7.21. The molecule has 0 unspecified atom stereocenters. The van der Waals surface area contributed by atoms with E-state index in [0.717, 1.165) is 30.7 Å². The van der Waals surface area contributed by atoms with Crippen LogP contribution in [0.1, 0.15) is 61.0 Å². The van der Waals surface area contributed by atoms with Gasteiger partial charge in [0.05, 0.1) is 6.10 Å². The zero-order valence-electron chi connectivity index (χ0n) is 17.8. The Kier molecular flexibility index (Phi) is 8.12. The van der Waals surface area contributed by atoms with Crippen LogP contribution in [-0.2, 0) is 13.0 Å². The van der Waals surface area contributed by atoms with E-state index >= 15 is 0 Å². The molecule has 0 bridgehead atoms. The Morgan fingerprint density at radius 2 is 1.62 bits per heavy atom. The second-order valence-corrected chi connectivity index (χ2v) is 8.20. The third-order valence-electron chi connectivity index (χ3n) is 5.29. The lowest BCUT2D eigenvalue weighted by Gasteiger charge is -2.26. The van der Waals surface area contributed by atoms with Crippen LogP contribution in [0.25, 0.3) is 0 Å². The zero-order valence-corrected chi connectivity index (χ0v) is 17.8. The number of piperidine rings is 1.